The van der Waals surface area contributed by atoms with Crippen molar-refractivity contribution in [3.8, 4) is 0 Å². The van der Waals surface area contributed by atoms with Crippen LogP contribution in [0.15, 0.2) is 18.5 Å². The van der Waals surface area contributed by atoms with Crippen molar-refractivity contribution in [3.63, 3.8) is 0 Å². The maximum atomic E-state index is 12.1. The van der Waals surface area contributed by atoms with Gasteiger partial charge in [0, 0.05) is 44.8 Å². The van der Waals surface area contributed by atoms with Gasteiger partial charge in [-0.3, -0.25) is 9.48 Å². The van der Waals surface area contributed by atoms with Gasteiger partial charge in [-0.1, -0.05) is 0 Å². The maximum absolute atomic E-state index is 12.1. The summed E-state index contributed by atoms with van der Waals surface area (Å²) in [6.07, 6.45) is 3.44. The standard InChI is InChI=1S/C14H21N5O2/c1-4-19-12(5-6-17-19)14(20)15-7-8-18-11(2)9-16-13(18)10-21-3/h5-6,9H,4,7-8,10H2,1-3H3,(H,15,20). The molecule has 7 heteroatoms. The van der Waals surface area contributed by atoms with Gasteiger partial charge in [0.15, 0.2) is 0 Å². The fourth-order valence-corrected chi connectivity index (χ4v) is 2.21. The van der Waals surface area contributed by atoms with Crippen molar-refractivity contribution >= 4 is 5.91 Å². The van der Waals surface area contributed by atoms with Crippen LogP contribution in [0.2, 0.25) is 0 Å². The first kappa shape index (κ1) is 15.2. The van der Waals surface area contributed by atoms with Crippen LogP contribution in [0.5, 0.6) is 0 Å². The van der Waals surface area contributed by atoms with Crippen LogP contribution in [0, 0.1) is 6.92 Å². The van der Waals surface area contributed by atoms with E-state index in [9.17, 15) is 4.79 Å². The zero-order valence-corrected chi connectivity index (χ0v) is 12.7. The molecule has 0 spiro atoms. The maximum Gasteiger partial charge on any atom is 0.269 e. The average molecular weight is 291 g/mol. The number of hydrogen-bond donors (Lipinski definition) is 1. The molecule has 1 N–H and O–H groups in total. The SMILES string of the molecule is CCn1nccc1C(=O)NCCn1c(C)cnc1COC. The molecule has 0 aliphatic rings. The molecule has 0 aliphatic carbocycles. The van der Waals surface area contributed by atoms with Gasteiger partial charge in [0.05, 0.1) is 0 Å². The Balaban J connectivity index is 1.93. The lowest BCUT2D eigenvalue weighted by Crippen LogP contribution is -2.29. The molecule has 2 rings (SSSR count). The Morgan fingerprint density at radius 1 is 1.48 bits per heavy atom. The van der Waals surface area contributed by atoms with Gasteiger partial charge in [-0.05, 0) is 19.9 Å². The van der Waals surface area contributed by atoms with Gasteiger partial charge in [0.2, 0.25) is 0 Å². The highest BCUT2D eigenvalue weighted by molar-refractivity contribution is 5.92. The molecule has 0 radical (unpaired) electrons. The molecule has 0 atom stereocenters. The second kappa shape index (κ2) is 7.03. The van der Waals surface area contributed by atoms with Gasteiger partial charge in [-0.25, -0.2) is 4.98 Å². The Morgan fingerprint density at radius 2 is 2.29 bits per heavy atom. The first-order chi connectivity index (χ1) is 10.2. The molecule has 0 unspecified atom stereocenters. The van der Waals surface area contributed by atoms with Crippen molar-refractivity contribution in [1.82, 2.24) is 24.6 Å². The van der Waals surface area contributed by atoms with Crippen molar-refractivity contribution in [1.29, 1.82) is 0 Å². The van der Waals surface area contributed by atoms with Crippen LogP contribution in [-0.4, -0.2) is 38.9 Å². The largest absolute Gasteiger partial charge is 0.377 e. The van der Waals surface area contributed by atoms with Crippen molar-refractivity contribution in [2.24, 2.45) is 0 Å². The number of carbonyl (C=O) groups is 1. The molecular formula is C14H21N5O2. The predicted octanol–water partition coefficient (Wildman–Crippen LogP) is 0.984. The summed E-state index contributed by atoms with van der Waals surface area (Å²) >= 11 is 0. The van der Waals surface area contributed by atoms with Crippen LogP contribution >= 0.6 is 0 Å². The van der Waals surface area contributed by atoms with Crippen LogP contribution in [0.3, 0.4) is 0 Å². The third kappa shape index (κ3) is 3.49. The number of nitrogens with one attached hydrogen (secondary N) is 1. The van der Waals surface area contributed by atoms with Crippen molar-refractivity contribution in [2.45, 2.75) is 33.5 Å². The highest BCUT2D eigenvalue weighted by Gasteiger charge is 2.11. The number of imidazole rings is 1. The summed E-state index contributed by atoms with van der Waals surface area (Å²) in [5, 5.41) is 7.00. The van der Waals surface area contributed by atoms with Crippen molar-refractivity contribution in [3.05, 3.63) is 35.7 Å². The third-order valence-electron chi connectivity index (χ3n) is 3.28. The van der Waals surface area contributed by atoms with E-state index in [0.29, 0.717) is 31.9 Å². The minimum atomic E-state index is -0.111. The Morgan fingerprint density at radius 3 is 3.00 bits per heavy atom. The zero-order chi connectivity index (χ0) is 15.2. The summed E-state index contributed by atoms with van der Waals surface area (Å²) in [7, 11) is 1.64. The van der Waals surface area contributed by atoms with Crippen LogP contribution in [0.4, 0.5) is 0 Å². The molecule has 0 aliphatic heterocycles. The fourth-order valence-electron chi connectivity index (χ4n) is 2.21. The van der Waals surface area contributed by atoms with E-state index in [0.717, 1.165) is 11.5 Å². The highest BCUT2D eigenvalue weighted by atomic mass is 16.5. The summed E-state index contributed by atoms with van der Waals surface area (Å²) in [6, 6.07) is 1.72. The third-order valence-corrected chi connectivity index (χ3v) is 3.28. The minimum absolute atomic E-state index is 0.111. The number of aromatic nitrogens is 4. The van der Waals surface area contributed by atoms with E-state index in [1.807, 2.05) is 24.6 Å². The summed E-state index contributed by atoms with van der Waals surface area (Å²) in [6.45, 7) is 6.27. The van der Waals surface area contributed by atoms with Gasteiger partial charge in [-0.2, -0.15) is 5.10 Å². The number of aryl methyl sites for hydroxylation is 2. The number of carbonyl (C=O) groups excluding carboxylic acids is 1. The lowest BCUT2D eigenvalue weighted by molar-refractivity contribution is 0.0941. The van der Waals surface area contributed by atoms with E-state index >= 15 is 0 Å². The molecule has 0 bridgehead atoms. The molecule has 0 aromatic carbocycles. The molecule has 2 heterocycles. The van der Waals surface area contributed by atoms with Crippen LogP contribution in [0.25, 0.3) is 0 Å². The Kier molecular flexibility index (Phi) is 5.10. The molecular weight excluding hydrogens is 270 g/mol. The van der Waals surface area contributed by atoms with E-state index in [-0.39, 0.29) is 5.91 Å². The Bertz CT molecular complexity index is 602. The predicted molar refractivity (Wildman–Crippen MR) is 77.9 cm³/mol. The van der Waals surface area contributed by atoms with Crippen LogP contribution in [-0.2, 0) is 24.4 Å². The number of hydrogen-bond acceptors (Lipinski definition) is 4. The lowest BCUT2D eigenvalue weighted by atomic mass is 10.4. The monoisotopic (exact) mass is 291 g/mol. The van der Waals surface area contributed by atoms with Crippen LogP contribution < -0.4 is 5.32 Å². The topological polar surface area (TPSA) is 74.0 Å². The highest BCUT2D eigenvalue weighted by Crippen LogP contribution is 2.05. The smallest absolute Gasteiger partial charge is 0.269 e. The van der Waals surface area contributed by atoms with Gasteiger partial charge < -0.3 is 14.6 Å². The van der Waals surface area contributed by atoms with E-state index in [2.05, 4.69) is 15.4 Å². The summed E-state index contributed by atoms with van der Waals surface area (Å²) in [5.74, 6) is 0.753. The van der Waals surface area contributed by atoms with Crippen molar-refractivity contribution < 1.29 is 9.53 Å². The fraction of sp³-hybridized carbons (Fsp3) is 0.500. The molecule has 21 heavy (non-hydrogen) atoms. The Labute approximate surface area is 123 Å². The normalized spacial score (nSPS) is 10.8. The number of methoxy groups -OCH3 is 1. The zero-order valence-electron chi connectivity index (χ0n) is 12.7. The second-order valence-electron chi connectivity index (χ2n) is 4.69. The summed E-state index contributed by atoms with van der Waals surface area (Å²) in [5.41, 5.74) is 1.63. The molecule has 114 valence electrons. The number of nitrogens with zero attached hydrogens (tertiary/aromatic N) is 4. The summed E-state index contributed by atoms with van der Waals surface area (Å²) < 4.78 is 8.83. The first-order valence-corrected chi connectivity index (χ1v) is 6.97. The molecule has 2 aromatic heterocycles. The molecule has 0 fully saturated rings. The molecule has 1 amide bonds. The van der Waals surface area contributed by atoms with Gasteiger partial charge in [0.25, 0.3) is 5.91 Å². The van der Waals surface area contributed by atoms with E-state index in [4.69, 9.17) is 4.74 Å². The van der Waals surface area contributed by atoms with E-state index in [1.54, 1.807) is 24.1 Å². The van der Waals surface area contributed by atoms with Gasteiger partial charge in [0.1, 0.15) is 18.1 Å². The van der Waals surface area contributed by atoms with E-state index < -0.39 is 0 Å². The molecule has 0 saturated heterocycles. The molecule has 0 saturated carbocycles. The van der Waals surface area contributed by atoms with Crippen LogP contribution in [0.1, 0.15) is 28.9 Å². The quantitative estimate of drug-likeness (QED) is 0.825. The minimum Gasteiger partial charge on any atom is -0.377 e. The van der Waals surface area contributed by atoms with E-state index in [1.165, 1.54) is 0 Å². The number of ether oxygens (including phenoxy) is 1. The Hall–Kier alpha value is -2.15. The first-order valence-electron chi connectivity index (χ1n) is 6.97. The lowest BCUT2D eigenvalue weighted by Gasteiger charge is -2.11. The molecule has 2 aromatic rings. The van der Waals surface area contributed by atoms with Gasteiger partial charge >= 0.3 is 0 Å². The molecule has 7 nitrogen and oxygen atoms in total. The number of rotatable bonds is 7. The number of amides is 1. The second-order valence-corrected chi connectivity index (χ2v) is 4.69. The average Bonchev–Trinajstić information content (AvgIpc) is 3.08. The van der Waals surface area contributed by atoms with Crippen molar-refractivity contribution in [2.75, 3.05) is 13.7 Å². The summed E-state index contributed by atoms with van der Waals surface area (Å²) in [4.78, 5) is 16.4. The van der Waals surface area contributed by atoms with Gasteiger partial charge in [-0.15, -0.1) is 0 Å².